The fourth-order valence-corrected chi connectivity index (χ4v) is 3.86. The molecule has 1 fully saturated rings. The van der Waals surface area contributed by atoms with Crippen molar-refractivity contribution < 1.29 is 23.9 Å². The number of nitrogens with zero attached hydrogens (tertiary/aromatic N) is 2. The average molecular weight is 400 g/mol. The van der Waals surface area contributed by atoms with Gasteiger partial charge in [-0.25, -0.2) is 0 Å². The minimum absolute atomic E-state index is 0.281. The predicted octanol–water partition coefficient (Wildman–Crippen LogP) is 3.31. The molecular formula is C20H20N2O5S. The first-order valence-corrected chi connectivity index (χ1v) is 9.33. The van der Waals surface area contributed by atoms with Crippen LogP contribution in [0.5, 0.6) is 5.75 Å². The van der Waals surface area contributed by atoms with E-state index in [1.165, 1.54) is 7.11 Å². The van der Waals surface area contributed by atoms with Gasteiger partial charge in [0.05, 0.1) is 19.1 Å². The van der Waals surface area contributed by atoms with Crippen LogP contribution in [0.2, 0.25) is 0 Å². The molecule has 3 rings (SSSR count). The van der Waals surface area contributed by atoms with Gasteiger partial charge in [-0.3, -0.25) is 19.3 Å². The summed E-state index contributed by atoms with van der Waals surface area (Å²) in [6.45, 7) is 3.53. The number of rotatable bonds is 5. The highest BCUT2D eigenvalue weighted by molar-refractivity contribution is 8.18. The van der Waals surface area contributed by atoms with Gasteiger partial charge in [-0.15, -0.1) is 0 Å². The van der Waals surface area contributed by atoms with E-state index < -0.39 is 17.1 Å². The summed E-state index contributed by atoms with van der Waals surface area (Å²) in [5, 5.41) is -0.481. The first kappa shape index (κ1) is 19.8. The van der Waals surface area contributed by atoms with Crippen molar-refractivity contribution in [2.45, 2.75) is 13.8 Å². The van der Waals surface area contributed by atoms with E-state index in [9.17, 15) is 14.4 Å². The zero-order valence-corrected chi connectivity index (χ0v) is 16.8. The van der Waals surface area contributed by atoms with Gasteiger partial charge in [-0.05, 0) is 67.6 Å². The molecule has 7 nitrogen and oxygen atoms in total. The Bertz CT molecular complexity index is 975. The highest BCUT2D eigenvalue weighted by atomic mass is 32.2. The van der Waals surface area contributed by atoms with E-state index in [0.29, 0.717) is 0 Å². The minimum Gasteiger partial charge on any atom is -0.497 e. The number of thioether (sulfide) groups is 1. The summed E-state index contributed by atoms with van der Waals surface area (Å²) < 4.78 is 11.8. The number of aromatic nitrogens is 1. The third kappa shape index (κ3) is 3.68. The van der Waals surface area contributed by atoms with Crippen LogP contribution in [0.3, 0.4) is 0 Å². The van der Waals surface area contributed by atoms with Crippen LogP contribution in [0.15, 0.2) is 35.2 Å². The lowest BCUT2D eigenvalue weighted by Gasteiger charge is -2.10. The van der Waals surface area contributed by atoms with Gasteiger partial charge in [0.25, 0.3) is 11.1 Å². The molecule has 1 aromatic heterocycles. The van der Waals surface area contributed by atoms with Gasteiger partial charge in [0, 0.05) is 17.1 Å². The zero-order chi connectivity index (χ0) is 20.4. The highest BCUT2D eigenvalue weighted by Gasteiger charge is 2.36. The van der Waals surface area contributed by atoms with Crippen molar-refractivity contribution in [3.05, 3.63) is 52.2 Å². The van der Waals surface area contributed by atoms with Crippen molar-refractivity contribution in [1.29, 1.82) is 0 Å². The molecule has 0 N–H and O–H groups in total. The number of imide groups is 1. The standard InChI is InChI=1S/C20H20N2O5S/c1-12-9-14(13(2)22(12)15-5-7-16(26-3)8-6-15)10-17-19(24)21(20(25)28-17)11-18(23)27-4/h5-10H,11H2,1-4H3/b17-10-. The van der Waals surface area contributed by atoms with E-state index in [4.69, 9.17) is 4.74 Å². The highest BCUT2D eigenvalue weighted by Crippen LogP contribution is 2.33. The first-order valence-electron chi connectivity index (χ1n) is 8.51. The molecule has 2 heterocycles. The van der Waals surface area contributed by atoms with Crippen LogP contribution in [0.4, 0.5) is 4.79 Å². The molecule has 2 aromatic rings. The molecule has 0 aliphatic carbocycles. The molecule has 0 radical (unpaired) electrons. The second kappa shape index (κ2) is 7.93. The van der Waals surface area contributed by atoms with Crippen LogP contribution in [0.1, 0.15) is 17.0 Å². The van der Waals surface area contributed by atoms with Crippen molar-refractivity contribution >= 4 is 35.0 Å². The van der Waals surface area contributed by atoms with E-state index in [1.807, 2.05) is 44.2 Å². The molecule has 2 amide bonds. The quantitative estimate of drug-likeness (QED) is 0.566. The molecule has 8 heteroatoms. The first-order chi connectivity index (χ1) is 13.3. The fourth-order valence-electron chi connectivity index (χ4n) is 3.03. The van der Waals surface area contributed by atoms with Gasteiger partial charge >= 0.3 is 5.97 Å². The number of esters is 1. The van der Waals surface area contributed by atoms with Crippen LogP contribution in [0.25, 0.3) is 11.8 Å². The summed E-state index contributed by atoms with van der Waals surface area (Å²) in [7, 11) is 2.83. The number of hydrogen-bond acceptors (Lipinski definition) is 6. The Morgan fingerprint density at radius 2 is 1.82 bits per heavy atom. The van der Waals surface area contributed by atoms with Crippen molar-refractivity contribution in [2.24, 2.45) is 0 Å². The lowest BCUT2D eigenvalue weighted by Crippen LogP contribution is -2.34. The summed E-state index contributed by atoms with van der Waals surface area (Å²) in [5.41, 5.74) is 3.72. The third-order valence-electron chi connectivity index (χ3n) is 4.48. The minimum atomic E-state index is -0.638. The van der Waals surface area contributed by atoms with E-state index in [2.05, 4.69) is 9.30 Å². The number of benzene rings is 1. The van der Waals surface area contributed by atoms with Crippen LogP contribution in [-0.2, 0) is 14.3 Å². The maximum absolute atomic E-state index is 12.5. The molecule has 1 aliphatic heterocycles. The number of ether oxygens (including phenoxy) is 2. The summed E-state index contributed by atoms with van der Waals surface area (Å²) in [4.78, 5) is 37.2. The van der Waals surface area contributed by atoms with Crippen LogP contribution in [-0.4, -0.2) is 47.3 Å². The number of methoxy groups -OCH3 is 2. The van der Waals surface area contributed by atoms with Crippen LogP contribution in [0, 0.1) is 13.8 Å². The molecule has 0 unspecified atom stereocenters. The lowest BCUT2D eigenvalue weighted by molar-refractivity contribution is -0.143. The SMILES string of the molecule is COC(=O)CN1C(=O)S/C(=C\c2cc(C)n(-c3ccc(OC)cc3)c2C)C1=O. The van der Waals surface area contributed by atoms with Crippen molar-refractivity contribution in [3.8, 4) is 11.4 Å². The maximum atomic E-state index is 12.5. The van der Waals surface area contributed by atoms with E-state index >= 15 is 0 Å². The smallest absolute Gasteiger partial charge is 0.325 e. The topological polar surface area (TPSA) is 77.8 Å². The monoisotopic (exact) mass is 400 g/mol. The zero-order valence-electron chi connectivity index (χ0n) is 16.0. The second-order valence-electron chi connectivity index (χ2n) is 6.20. The Balaban J connectivity index is 1.92. The summed E-state index contributed by atoms with van der Waals surface area (Å²) in [5.74, 6) is -0.360. The molecular weight excluding hydrogens is 380 g/mol. The molecule has 0 atom stereocenters. The van der Waals surface area contributed by atoms with Gasteiger partial charge in [0.1, 0.15) is 12.3 Å². The third-order valence-corrected chi connectivity index (χ3v) is 5.38. The molecule has 146 valence electrons. The average Bonchev–Trinajstić information content (AvgIpc) is 3.11. The Morgan fingerprint density at radius 1 is 1.14 bits per heavy atom. The van der Waals surface area contributed by atoms with Crippen molar-refractivity contribution in [1.82, 2.24) is 9.47 Å². The van der Waals surface area contributed by atoms with Gasteiger partial charge < -0.3 is 14.0 Å². The maximum Gasteiger partial charge on any atom is 0.325 e. The van der Waals surface area contributed by atoms with Gasteiger partial charge in [0.15, 0.2) is 0 Å². The van der Waals surface area contributed by atoms with E-state index in [0.717, 1.165) is 45.1 Å². The summed E-state index contributed by atoms with van der Waals surface area (Å²) in [6, 6.07) is 9.62. The predicted molar refractivity (Wildman–Crippen MR) is 106 cm³/mol. The van der Waals surface area contributed by atoms with Gasteiger partial charge in [-0.2, -0.15) is 0 Å². The summed E-state index contributed by atoms with van der Waals surface area (Å²) >= 11 is 0.819. The fraction of sp³-hybridized carbons (Fsp3) is 0.250. The van der Waals surface area contributed by atoms with Crippen molar-refractivity contribution in [2.75, 3.05) is 20.8 Å². The van der Waals surface area contributed by atoms with Crippen molar-refractivity contribution in [3.63, 3.8) is 0 Å². The Labute approximate surface area is 166 Å². The van der Waals surface area contributed by atoms with Crippen LogP contribution >= 0.6 is 11.8 Å². The molecule has 0 bridgehead atoms. The normalized spacial score (nSPS) is 15.4. The molecule has 1 aromatic carbocycles. The molecule has 1 aliphatic rings. The molecule has 0 saturated carbocycles. The Kier molecular flexibility index (Phi) is 5.60. The number of hydrogen-bond donors (Lipinski definition) is 0. The lowest BCUT2D eigenvalue weighted by atomic mass is 10.2. The van der Waals surface area contributed by atoms with Gasteiger partial charge in [0.2, 0.25) is 0 Å². The second-order valence-corrected chi connectivity index (χ2v) is 7.20. The Morgan fingerprint density at radius 3 is 2.43 bits per heavy atom. The largest absolute Gasteiger partial charge is 0.497 e. The van der Waals surface area contributed by atoms with Crippen LogP contribution < -0.4 is 4.74 Å². The molecule has 0 spiro atoms. The number of carbonyl (C=O) groups is 3. The number of amides is 2. The molecule has 28 heavy (non-hydrogen) atoms. The van der Waals surface area contributed by atoms with E-state index in [-0.39, 0.29) is 11.4 Å². The number of aryl methyl sites for hydroxylation is 1. The summed E-state index contributed by atoms with van der Waals surface area (Å²) in [6.07, 6.45) is 1.69. The van der Waals surface area contributed by atoms with E-state index in [1.54, 1.807) is 13.2 Å². The molecule has 1 saturated heterocycles. The van der Waals surface area contributed by atoms with Gasteiger partial charge in [-0.1, -0.05) is 0 Å². The number of carbonyl (C=O) groups excluding carboxylic acids is 3. The Hall–Kier alpha value is -3.00.